The van der Waals surface area contributed by atoms with Crippen LogP contribution in [0.15, 0.2) is 51.4 Å². The number of fused-ring (bicyclic) bond motifs is 2. The van der Waals surface area contributed by atoms with Crippen LogP contribution in [0, 0.1) is 5.82 Å². The Kier molecular flexibility index (Phi) is 6.38. The van der Waals surface area contributed by atoms with Gasteiger partial charge in [-0.15, -0.1) is 5.10 Å². The molecular weight excluding hydrogens is 598 g/mol. The summed E-state index contributed by atoms with van der Waals surface area (Å²) in [6, 6.07) is 9.01. The van der Waals surface area contributed by atoms with Crippen molar-refractivity contribution in [2.75, 3.05) is 0 Å². The Morgan fingerprint density at radius 1 is 1.10 bits per heavy atom. The summed E-state index contributed by atoms with van der Waals surface area (Å²) in [5.74, 6) is -6.41. The Morgan fingerprint density at radius 3 is 2.51 bits per heavy atom. The van der Waals surface area contributed by atoms with E-state index in [1.165, 1.54) is 10.7 Å². The van der Waals surface area contributed by atoms with E-state index in [-0.39, 0.29) is 11.2 Å². The molecular formula is C23H14BrF4N5O6. The lowest BCUT2D eigenvalue weighted by Crippen LogP contribution is -2.51. The van der Waals surface area contributed by atoms with Gasteiger partial charge in [0.05, 0.1) is 35.4 Å². The highest BCUT2D eigenvalue weighted by Crippen LogP contribution is 2.33. The molecule has 0 aliphatic carbocycles. The van der Waals surface area contributed by atoms with Gasteiger partial charge in [-0.3, -0.25) is 5.10 Å². The average Bonchev–Trinajstić information content (AvgIpc) is 3.59. The number of nitrogens with zero attached hydrogens (tertiary/aromatic N) is 4. The molecule has 0 spiro atoms. The Balaban J connectivity index is 1.43. The first kappa shape index (κ1) is 26.3. The minimum absolute atomic E-state index is 0.0482. The molecule has 0 radical (unpaired) electrons. The first-order valence-electron chi connectivity index (χ1n) is 10.8. The molecule has 0 atom stereocenters. The topological polar surface area (TPSA) is 156 Å². The Labute approximate surface area is 222 Å². The third kappa shape index (κ3) is 4.72. The van der Waals surface area contributed by atoms with Crippen molar-refractivity contribution in [1.82, 2.24) is 25.2 Å². The molecule has 0 saturated carbocycles. The summed E-state index contributed by atoms with van der Waals surface area (Å²) in [6.45, 7) is -0.605. The number of carbonyl (C=O) groups is 2. The van der Waals surface area contributed by atoms with E-state index in [2.05, 4.69) is 40.9 Å². The fraction of sp³-hybridized carbons (Fsp3) is 0.174. The predicted molar refractivity (Wildman–Crippen MR) is 126 cm³/mol. The number of furan rings is 1. The molecule has 2 aromatic carbocycles. The van der Waals surface area contributed by atoms with Gasteiger partial charge in [-0.05, 0) is 42.5 Å². The van der Waals surface area contributed by atoms with Crippen molar-refractivity contribution in [1.29, 1.82) is 0 Å². The van der Waals surface area contributed by atoms with Crippen molar-refractivity contribution >= 4 is 49.8 Å². The van der Waals surface area contributed by atoms with E-state index in [9.17, 15) is 37.4 Å². The third-order valence-corrected chi connectivity index (χ3v) is 6.31. The van der Waals surface area contributed by atoms with Gasteiger partial charge < -0.3 is 19.4 Å². The van der Waals surface area contributed by atoms with E-state index in [0.29, 0.717) is 32.6 Å². The van der Waals surface area contributed by atoms with Crippen LogP contribution >= 0.6 is 15.9 Å². The fourth-order valence-corrected chi connectivity index (χ4v) is 4.34. The number of ether oxygens (including phenoxy) is 1. The summed E-state index contributed by atoms with van der Waals surface area (Å²) in [5, 5.41) is 34.4. The van der Waals surface area contributed by atoms with Crippen LogP contribution in [0.3, 0.4) is 0 Å². The lowest BCUT2D eigenvalue weighted by atomic mass is 9.98. The molecule has 0 fully saturated rings. The fourth-order valence-electron chi connectivity index (χ4n) is 3.92. The maximum absolute atomic E-state index is 14.2. The summed E-state index contributed by atoms with van der Waals surface area (Å²) in [7, 11) is 0. The van der Waals surface area contributed by atoms with Crippen LogP contribution < -0.4 is 0 Å². The summed E-state index contributed by atoms with van der Waals surface area (Å²) < 4.78 is 64.6. The van der Waals surface area contributed by atoms with E-state index in [1.54, 1.807) is 24.3 Å². The van der Waals surface area contributed by atoms with Gasteiger partial charge in [0.25, 0.3) is 5.60 Å². The third-order valence-electron chi connectivity index (χ3n) is 5.85. The number of benzene rings is 2. The Morgan fingerprint density at radius 2 is 1.85 bits per heavy atom. The molecule has 11 nitrogen and oxygen atoms in total. The van der Waals surface area contributed by atoms with Gasteiger partial charge in [-0.2, -0.15) is 18.3 Å². The SMILES string of the molecule is O=C(O)C(Cc1ccc(C(F)(F)F)o1)(OCc1[nH]nc2cc(-n3nnc4c(F)cc(Br)cc43)ccc12)C(=O)O. The molecule has 39 heavy (non-hydrogen) atoms. The van der Waals surface area contributed by atoms with Crippen LogP contribution in [-0.4, -0.2) is 52.9 Å². The largest absolute Gasteiger partial charge is 0.479 e. The van der Waals surface area contributed by atoms with Crippen molar-refractivity contribution in [3.8, 4) is 5.69 Å². The van der Waals surface area contributed by atoms with E-state index >= 15 is 0 Å². The summed E-state index contributed by atoms with van der Waals surface area (Å²) >= 11 is 3.22. The maximum Gasteiger partial charge on any atom is 0.449 e. The van der Waals surface area contributed by atoms with Crippen LogP contribution in [0.1, 0.15) is 17.2 Å². The highest BCUT2D eigenvalue weighted by molar-refractivity contribution is 9.10. The summed E-state index contributed by atoms with van der Waals surface area (Å²) in [4.78, 5) is 24.0. The first-order valence-corrected chi connectivity index (χ1v) is 11.6. The molecule has 0 bridgehead atoms. The zero-order chi connectivity index (χ0) is 28.1. The summed E-state index contributed by atoms with van der Waals surface area (Å²) in [5.41, 5.74) is -1.54. The van der Waals surface area contributed by atoms with E-state index in [0.717, 1.165) is 6.07 Å². The van der Waals surface area contributed by atoms with Gasteiger partial charge in [0.15, 0.2) is 5.82 Å². The number of aromatic nitrogens is 5. The maximum atomic E-state index is 14.2. The Hall–Kier alpha value is -4.31. The molecule has 16 heteroatoms. The van der Waals surface area contributed by atoms with Gasteiger partial charge in [-0.25, -0.2) is 18.7 Å². The second kappa shape index (κ2) is 9.46. The minimum atomic E-state index is -4.84. The van der Waals surface area contributed by atoms with Crippen molar-refractivity contribution in [2.24, 2.45) is 0 Å². The average molecular weight is 612 g/mol. The molecule has 0 aliphatic heterocycles. The lowest BCUT2D eigenvalue weighted by Gasteiger charge is -2.24. The number of carboxylic acids is 2. The van der Waals surface area contributed by atoms with Gasteiger partial charge in [0.1, 0.15) is 11.3 Å². The van der Waals surface area contributed by atoms with Crippen molar-refractivity contribution in [3.63, 3.8) is 0 Å². The first-order chi connectivity index (χ1) is 18.4. The molecule has 0 saturated heterocycles. The normalized spacial score (nSPS) is 12.4. The van der Waals surface area contributed by atoms with E-state index in [4.69, 9.17) is 4.74 Å². The molecule has 3 N–H and O–H groups in total. The van der Waals surface area contributed by atoms with E-state index < -0.39 is 54.1 Å². The number of H-pyrrole nitrogens is 1. The smallest absolute Gasteiger partial charge is 0.449 e. The molecule has 5 rings (SSSR count). The number of rotatable bonds is 8. The second-order valence-corrected chi connectivity index (χ2v) is 9.24. The molecule has 0 unspecified atom stereocenters. The number of alkyl halides is 3. The van der Waals surface area contributed by atoms with Crippen molar-refractivity contribution in [2.45, 2.75) is 24.8 Å². The number of aromatic amines is 1. The van der Waals surface area contributed by atoms with Crippen LogP contribution in [-0.2, 0) is 33.5 Å². The second-order valence-electron chi connectivity index (χ2n) is 8.33. The van der Waals surface area contributed by atoms with Crippen LogP contribution in [0.2, 0.25) is 0 Å². The molecule has 3 heterocycles. The Bertz CT molecular complexity index is 1730. The van der Waals surface area contributed by atoms with Crippen LogP contribution in [0.4, 0.5) is 17.6 Å². The molecule has 3 aromatic heterocycles. The number of hydrogen-bond acceptors (Lipinski definition) is 7. The lowest BCUT2D eigenvalue weighted by molar-refractivity contribution is -0.186. The van der Waals surface area contributed by atoms with Crippen molar-refractivity contribution in [3.05, 3.63) is 70.0 Å². The zero-order valence-corrected chi connectivity index (χ0v) is 20.7. The monoisotopic (exact) mass is 611 g/mol. The highest BCUT2D eigenvalue weighted by Gasteiger charge is 2.50. The number of aliphatic carboxylic acids is 2. The highest BCUT2D eigenvalue weighted by atomic mass is 79.9. The van der Waals surface area contributed by atoms with Gasteiger partial charge in [0.2, 0.25) is 5.76 Å². The zero-order valence-electron chi connectivity index (χ0n) is 19.2. The standard InChI is InChI=1S/C23H14BrF4N5O6/c24-10-5-14(25)19-17(6-10)33(32-31-19)11-1-3-13-15(7-11)29-30-16(13)9-38-22(20(34)35,21(36)37)8-12-2-4-18(39-12)23(26,27)28/h1-7H,8-9H2,(H,29,30)(H,34,35)(H,36,37). The van der Waals surface area contributed by atoms with E-state index in [1.807, 2.05) is 0 Å². The summed E-state index contributed by atoms with van der Waals surface area (Å²) in [6.07, 6.45) is -5.86. The predicted octanol–water partition coefficient (Wildman–Crippen LogP) is 4.48. The number of halogens is 5. The van der Waals surface area contributed by atoms with Crippen molar-refractivity contribution < 1.29 is 46.5 Å². The van der Waals surface area contributed by atoms with Gasteiger partial charge in [0, 0.05) is 9.86 Å². The minimum Gasteiger partial charge on any atom is -0.479 e. The van der Waals surface area contributed by atoms with Crippen LogP contribution in [0.5, 0.6) is 0 Å². The molecule has 5 aromatic rings. The number of carboxylic acid groups (broad SMARTS) is 2. The van der Waals surface area contributed by atoms with Gasteiger partial charge in [-0.1, -0.05) is 21.1 Å². The number of nitrogens with one attached hydrogen (secondary N) is 1. The molecule has 0 amide bonds. The number of hydrogen-bond donors (Lipinski definition) is 3. The van der Waals surface area contributed by atoms with Crippen LogP contribution in [0.25, 0.3) is 27.6 Å². The molecule has 0 aliphatic rings. The van der Waals surface area contributed by atoms with Gasteiger partial charge >= 0.3 is 18.1 Å². The molecule has 202 valence electrons. The quantitative estimate of drug-likeness (QED) is 0.170.